The number of hydrogen-bond acceptors (Lipinski definition) is 2. The predicted octanol–water partition coefficient (Wildman–Crippen LogP) is 3.37. The SMILES string of the molecule is C=C(C)O/C(=N\C)C1CC1c1ccccc1. The molecule has 1 aromatic carbocycles. The smallest absolute Gasteiger partial charge is 0.193 e. The van der Waals surface area contributed by atoms with E-state index in [-0.39, 0.29) is 0 Å². The third-order valence-electron chi connectivity index (χ3n) is 2.83. The van der Waals surface area contributed by atoms with Crippen molar-refractivity contribution in [2.75, 3.05) is 7.05 Å². The Morgan fingerprint density at radius 1 is 1.38 bits per heavy atom. The second-order valence-corrected chi connectivity index (χ2v) is 4.23. The van der Waals surface area contributed by atoms with Gasteiger partial charge in [0.15, 0.2) is 5.90 Å². The van der Waals surface area contributed by atoms with E-state index in [4.69, 9.17) is 4.74 Å². The lowest BCUT2D eigenvalue weighted by molar-refractivity contribution is 0.401. The van der Waals surface area contributed by atoms with Crippen LogP contribution >= 0.6 is 0 Å². The second kappa shape index (κ2) is 4.52. The fourth-order valence-electron chi connectivity index (χ4n) is 2.00. The number of allylic oxidation sites excluding steroid dienone is 1. The van der Waals surface area contributed by atoms with Gasteiger partial charge in [0, 0.05) is 13.0 Å². The molecule has 0 aliphatic heterocycles. The van der Waals surface area contributed by atoms with E-state index in [1.807, 2.05) is 13.0 Å². The fraction of sp³-hybridized carbons (Fsp3) is 0.357. The van der Waals surface area contributed by atoms with Crippen LogP contribution < -0.4 is 0 Å². The average Bonchev–Trinajstić information content (AvgIpc) is 3.07. The van der Waals surface area contributed by atoms with Crippen LogP contribution in [0.3, 0.4) is 0 Å². The van der Waals surface area contributed by atoms with Crippen molar-refractivity contribution in [1.29, 1.82) is 0 Å². The highest BCUT2D eigenvalue weighted by Gasteiger charge is 2.43. The zero-order valence-electron chi connectivity index (χ0n) is 9.81. The largest absolute Gasteiger partial charge is 0.448 e. The summed E-state index contributed by atoms with van der Waals surface area (Å²) in [6.07, 6.45) is 1.13. The molecule has 84 valence electrons. The van der Waals surface area contributed by atoms with E-state index < -0.39 is 0 Å². The van der Waals surface area contributed by atoms with Crippen molar-refractivity contribution in [3.63, 3.8) is 0 Å². The first-order chi connectivity index (χ1) is 7.72. The Labute approximate surface area is 96.7 Å². The van der Waals surface area contributed by atoms with Gasteiger partial charge in [-0.2, -0.15) is 0 Å². The number of nitrogens with zero attached hydrogens (tertiary/aromatic N) is 1. The van der Waals surface area contributed by atoms with E-state index >= 15 is 0 Å². The van der Waals surface area contributed by atoms with Crippen LogP contribution in [0.25, 0.3) is 0 Å². The molecule has 2 atom stereocenters. The lowest BCUT2D eigenvalue weighted by atomic mass is 10.1. The second-order valence-electron chi connectivity index (χ2n) is 4.23. The van der Waals surface area contributed by atoms with Gasteiger partial charge in [0.05, 0.1) is 5.76 Å². The summed E-state index contributed by atoms with van der Waals surface area (Å²) in [6.45, 7) is 5.60. The Hall–Kier alpha value is -1.57. The lowest BCUT2D eigenvalue weighted by Gasteiger charge is -2.07. The monoisotopic (exact) mass is 215 g/mol. The van der Waals surface area contributed by atoms with E-state index in [2.05, 4.69) is 35.8 Å². The topological polar surface area (TPSA) is 21.6 Å². The van der Waals surface area contributed by atoms with Gasteiger partial charge in [-0.05, 0) is 24.8 Å². The van der Waals surface area contributed by atoms with E-state index in [1.54, 1.807) is 7.05 Å². The predicted molar refractivity (Wildman–Crippen MR) is 66.5 cm³/mol. The summed E-state index contributed by atoms with van der Waals surface area (Å²) in [4.78, 5) is 4.20. The maximum absolute atomic E-state index is 5.53. The molecule has 2 nitrogen and oxygen atoms in total. The maximum Gasteiger partial charge on any atom is 0.193 e. The lowest BCUT2D eigenvalue weighted by Crippen LogP contribution is -2.06. The van der Waals surface area contributed by atoms with Crippen molar-refractivity contribution in [2.24, 2.45) is 10.9 Å². The molecule has 0 radical (unpaired) electrons. The highest BCUT2D eigenvalue weighted by Crippen LogP contribution is 2.48. The molecule has 0 heterocycles. The first-order valence-electron chi connectivity index (χ1n) is 5.57. The molecule has 1 aliphatic carbocycles. The van der Waals surface area contributed by atoms with Crippen molar-refractivity contribution < 1.29 is 4.74 Å². The number of hydrogen-bond donors (Lipinski definition) is 0. The van der Waals surface area contributed by atoms with Gasteiger partial charge >= 0.3 is 0 Å². The van der Waals surface area contributed by atoms with Gasteiger partial charge in [-0.1, -0.05) is 36.9 Å². The van der Waals surface area contributed by atoms with Crippen LogP contribution in [0.1, 0.15) is 24.8 Å². The van der Waals surface area contributed by atoms with Gasteiger partial charge in [-0.15, -0.1) is 0 Å². The van der Waals surface area contributed by atoms with Gasteiger partial charge in [0.2, 0.25) is 0 Å². The quantitative estimate of drug-likeness (QED) is 0.430. The molecule has 0 spiro atoms. The van der Waals surface area contributed by atoms with E-state index in [0.717, 1.165) is 12.3 Å². The van der Waals surface area contributed by atoms with Crippen LogP contribution in [-0.2, 0) is 4.74 Å². The average molecular weight is 215 g/mol. The van der Waals surface area contributed by atoms with Crippen molar-refractivity contribution in [2.45, 2.75) is 19.3 Å². The van der Waals surface area contributed by atoms with Gasteiger partial charge in [0.1, 0.15) is 0 Å². The summed E-state index contributed by atoms with van der Waals surface area (Å²) in [6, 6.07) is 10.5. The molecule has 16 heavy (non-hydrogen) atoms. The summed E-state index contributed by atoms with van der Waals surface area (Å²) in [5, 5.41) is 0. The molecule has 1 saturated carbocycles. The molecule has 2 rings (SSSR count). The van der Waals surface area contributed by atoms with Crippen molar-refractivity contribution in [1.82, 2.24) is 0 Å². The van der Waals surface area contributed by atoms with Gasteiger partial charge in [-0.3, -0.25) is 4.99 Å². The molecule has 0 aromatic heterocycles. The molecule has 2 unspecified atom stereocenters. The number of aliphatic imine (C=N–C) groups is 1. The summed E-state index contributed by atoms with van der Waals surface area (Å²) < 4.78 is 5.53. The molecule has 0 bridgehead atoms. The zero-order chi connectivity index (χ0) is 11.5. The van der Waals surface area contributed by atoms with Crippen LogP contribution in [0.5, 0.6) is 0 Å². The first kappa shape index (κ1) is 10.9. The highest BCUT2D eigenvalue weighted by molar-refractivity contribution is 5.83. The third-order valence-corrected chi connectivity index (χ3v) is 2.83. The number of ether oxygens (including phenoxy) is 1. The van der Waals surface area contributed by atoms with Crippen LogP contribution in [0, 0.1) is 5.92 Å². The van der Waals surface area contributed by atoms with Crippen molar-refractivity contribution >= 4 is 5.90 Å². The summed E-state index contributed by atoms with van der Waals surface area (Å²) in [5.41, 5.74) is 1.37. The minimum absolute atomic E-state index is 0.434. The molecule has 1 aromatic rings. The molecule has 1 aliphatic rings. The minimum atomic E-state index is 0.434. The molecule has 1 fully saturated rings. The molecule has 2 heteroatoms. The molecule has 0 N–H and O–H groups in total. The van der Waals surface area contributed by atoms with Crippen LogP contribution in [-0.4, -0.2) is 12.9 Å². The molecule has 0 saturated heterocycles. The normalized spacial score (nSPS) is 24.0. The third kappa shape index (κ3) is 2.32. The fourth-order valence-corrected chi connectivity index (χ4v) is 2.00. The first-order valence-corrected chi connectivity index (χ1v) is 5.57. The molecular weight excluding hydrogens is 198 g/mol. The maximum atomic E-state index is 5.53. The van der Waals surface area contributed by atoms with E-state index in [9.17, 15) is 0 Å². The van der Waals surface area contributed by atoms with E-state index in [0.29, 0.717) is 17.6 Å². The Kier molecular flexibility index (Phi) is 3.09. The Bertz CT molecular complexity index is 408. The standard InChI is InChI=1S/C14H17NO/c1-10(2)16-14(15-3)13-9-12(13)11-7-5-4-6-8-11/h4-8,12-13H,1,9H2,2-3H3/b15-14-. The molecular formula is C14H17NO. The van der Waals surface area contributed by atoms with Gasteiger partial charge in [-0.25, -0.2) is 0 Å². The van der Waals surface area contributed by atoms with Crippen molar-refractivity contribution in [3.8, 4) is 0 Å². The number of rotatable bonds is 3. The van der Waals surface area contributed by atoms with Crippen LogP contribution in [0.4, 0.5) is 0 Å². The minimum Gasteiger partial charge on any atom is -0.448 e. The highest BCUT2D eigenvalue weighted by atomic mass is 16.5. The van der Waals surface area contributed by atoms with Gasteiger partial charge in [0.25, 0.3) is 0 Å². The summed E-state index contributed by atoms with van der Waals surface area (Å²) >= 11 is 0. The van der Waals surface area contributed by atoms with E-state index in [1.165, 1.54) is 5.56 Å². The molecule has 0 amide bonds. The van der Waals surface area contributed by atoms with Crippen LogP contribution in [0.2, 0.25) is 0 Å². The van der Waals surface area contributed by atoms with Crippen molar-refractivity contribution in [3.05, 3.63) is 48.2 Å². The van der Waals surface area contributed by atoms with Gasteiger partial charge < -0.3 is 4.74 Å². The zero-order valence-corrected chi connectivity index (χ0v) is 9.81. The number of benzene rings is 1. The Balaban J connectivity index is 2.03. The summed E-state index contributed by atoms with van der Waals surface area (Å²) in [5.74, 6) is 2.53. The van der Waals surface area contributed by atoms with Crippen LogP contribution in [0.15, 0.2) is 47.7 Å². The summed E-state index contributed by atoms with van der Waals surface area (Å²) in [7, 11) is 1.78. The Morgan fingerprint density at radius 2 is 2.06 bits per heavy atom. The Morgan fingerprint density at radius 3 is 2.62 bits per heavy atom.